The molecule has 0 aliphatic rings. The van der Waals surface area contributed by atoms with Crippen LogP contribution < -0.4 is 10.6 Å². The fourth-order valence-corrected chi connectivity index (χ4v) is 2.32. The zero-order valence-electron chi connectivity index (χ0n) is 11.7. The molecule has 2 N–H and O–H groups in total. The lowest BCUT2D eigenvalue weighted by atomic mass is 10.2. The zero-order chi connectivity index (χ0) is 15.2. The number of carbonyl (C=O) groups is 1. The molecule has 1 amide bonds. The van der Waals surface area contributed by atoms with Gasteiger partial charge in [0.25, 0.3) is 5.91 Å². The van der Waals surface area contributed by atoms with Gasteiger partial charge in [0.1, 0.15) is 5.69 Å². The van der Waals surface area contributed by atoms with Crippen LogP contribution in [0.4, 0.5) is 11.4 Å². The summed E-state index contributed by atoms with van der Waals surface area (Å²) >= 11 is 3.43. The van der Waals surface area contributed by atoms with Gasteiger partial charge < -0.3 is 10.6 Å². The molecule has 1 heterocycles. The van der Waals surface area contributed by atoms with E-state index in [1.54, 1.807) is 18.3 Å². The van der Waals surface area contributed by atoms with E-state index in [9.17, 15) is 4.79 Å². The normalized spacial score (nSPS) is 10.0. The molecule has 2 rings (SSSR count). The van der Waals surface area contributed by atoms with Crippen molar-refractivity contribution in [3.05, 3.63) is 64.9 Å². The number of aryl methyl sites for hydroxylation is 1. The molecule has 0 atom stereocenters. The van der Waals surface area contributed by atoms with Crippen molar-refractivity contribution in [3.63, 3.8) is 0 Å². The molecule has 0 unspecified atom stereocenters. The van der Waals surface area contributed by atoms with Gasteiger partial charge in [-0.2, -0.15) is 0 Å². The van der Waals surface area contributed by atoms with E-state index >= 15 is 0 Å². The van der Waals surface area contributed by atoms with Crippen LogP contribution in [0, 0.1) is 6.92 Å². The molecule has 1 aromatic carbocycles. The first kappa shape index (κ1) is 15.3. The summed E-state index contributed by atoms with van der Waals surface area (Å²) in [4.78, 5) is 16.3. The summed E-state index contributed by atoms with van der Waals surface area (Å²) in [5, 5.41) is 5.94. The summed E-state index contributed by atoms with van der Waals surface area (Å²) in [6, 6.07) is 9.25. The van der Waals surface area contributed by atoms with E-state index in [4.69, 9.17) is 0 Å². The summed E-state index contributed by atoms with van der Waals surface area (Å²) in [5.41, 5.74) is 3.06. The Morgan fingerprint density at radius 1 is 1.38 bits per heavy atom. The van der Waals surface area contributed by atoms with Crippen molar-refractivity contribution in [1.82, 2.24) is 4.98 Å². The third-order valence-electron chi connectivity index (χ3n) is 2.82. The second kappa shape index (κ2) is 7.04. The van der Waals surface area contributed by atoms with Crippen LogP contribution in [0.15, 0.2) is 53.7 Å². The molecular weight excluding hydrogens is 330 g/mol. The minimum atomic E-state index is -0.241. The average Bonchev–Trinajstić information content (AvgIpc) is 2.48. The highest BCUT2D eigenvalue weighted by molar-refractivity contribution is 9.10. The fraction of sp³-hybridized carbons (Fsp3) is 0.125. The molecule has 108 valence electrons. The first-order chi connectivity index (χ1) is 10.1. The number of hydrogen-bond donors (Lipinski definition) is 2. The van der Waals surface area contributed by atoms with Crippen molar-refractivity contribution in [2.24, 2.45) is 0 Å². The maximum Gasteiger partial charge on any atom is 0.274 e. The van der Waals surface area contributed by atoms with Gasteiger partial charge in [-0.1, -0.05) is 12.1 Å². The molecule has 4 nitrogen and oxygen atoms in total. The van der Waals surface area contributed by atoms with Crippen LogP contribution in [0.5, 0.6) is 0 Å². The van der Waals surface area contributed by atoms with Crippen LogP contribution in [0.25, 0.3) is 0 Å². The highest BCUT2D eigenvalue weighted by Gasteiger charge is 2.09. The van der Waals surface area contributed by atoms with Gasteiger partial charge in [0.05, 0.1) is 17.6 Å². The number of amides is 1. The van der Waals surface area contributed by atoms with E-state index in [0.29, 0.717) is 12.2 Å². The number of anilines is 2. The van der Waals surface area contributed by atoms with Crippen molar-refractivity contribution in [3.8, 4) is 0 Å². The zero-order valence-corrected chi connectivity index (χ0v) is 13.3. The van der Waals surface area contributed by atoms with E-state index in [1.165, 1.54) is 0 Å². The molecule has 1 aromatic heterocycles. The van der Waals surface area contributed by atoms with Gasteiger partial charge in [0.2, 0.25) is 0 Å². The lowest BCUT2D eigenvalue weighted by Gasteiger charge is -2.08. The van der Waals surface area contributed by atoms with E-state index in [0.717, 1.165) is 21.4 Å². The van der Waals surface area contributed by atoms with Crippen molar-refractivity contribution < 1.29 is 4.79 Å². The molecule has 0 bridgehead atoms. The summed E-state index contributed by atoms with van der Waals surface area (Å²) in [7, 11) is 0. The average molecular weight is 346 g/mol. The molecule has 0 radical (unpaired) electrons. The van der Waals surface area contributed by atoms with Gasteiger partial charge in [0.15, 0.2) is 0 Å². The predicted octanol–water partition coefficient (Wildman–Crippen LogP) is 4.00. The van der Waals surface area contributed by atoms with Crippen LogP contribution in [-0.4, -0.2) is 17.4 Å². The van der Waals surface area contributed by atoms with Crippen LogP contribution in [-0.2, 0) is 0 Å². The summed E-state index contributed by atoms with van der Waals surface area (Å²) < 4.78 is 0.847. The number of carbonyl (C=O) groups excluding carboxylic acids is 1. The Kier molecular flexibility index (Phi) is 5.11. The SMILES string of the molecule is C=CCNc1ccc(C(=O)Nc2ccc(C)cc2Br)nc1. The number of nitrogens with one attached hydrogen (secondary N) is 2. The van der Waals surface area contributed by atoms with E-state index in [2.05, 4.69) is 38.1 Å². The Balaban J connectivity index is 2.07. The van der Waals surface area contributed by atoms with Gasteiger partial charge in [-0.15, -0.1) is 6.58 Å². The number of nitrogens with zero attached hydrogens (tertiary/aromatic N) is 1. The van der Waals surface area contributed by atoms with Gasteiger partial charge in [0, 0.05) is 11.0 Å². The number of halogens is 1. The Morgan fingerprint density at radius 3 is 2.81 bits per heavy atom. The Hall–Kier alpha value is -2.14. The number of benzene rings is 1. The lowest BCUT2D eigenvalue weighted by Crippen LogP contribution is -2.14. The fourth-order valence-electron chi connectivity index (χ4n) is 1.73. The highest BCUT2D eigenvalue weighted by atomic mass is 79.9. The Labute approximate surface area is 132 Å². The third-order valence-corrected chi connectivity index (χ3v) is 3.48. The molecule has 5 heteroatoms. The summed E-state index contributed by atoms with van der Waals surface area (Å²) in [5.74, 6) is -0.241. The minimum absolute atomic E-state index is 0.241. The number of rotatable bonds is 5. The first-order valence-corrected chi connectivity index (χ1v) is 7.28. The summed E-state index contributed by atoms with van der Waals surface area (Å²) in [6.45, 7) is 6.28. The van der Waals surface area contributed by atoms with Crippen LogP contribution in [0.2, 0.25) is 0 Å². The van der Waals surface area contributed by atoms with Gasteiger partial charge in [-0.05, 0) is 52.7 Å². The third kappa shape index (κ3) is 4.16. The van der Waals surface area contributed by atoms with Gasteiger partial charge >= 0.3 is 0 Å². The quantitative estimate of drug-likeness (QED) is 0.805. The Bertz CT molecular complexity index is 653. The van der Waals surface area contributed by atoms with Crippen molar-refractivity contribution in [2.45, 2.75) is 6.92 Å². The van der Waals surface area contributed by atoms with Crippen LogP contribution >= 0.6 is 15.9 Å². The number of hydrogen-bond acceptors (Lipinski definition) is 3. The monoisotopic (exact) mass is 345 g/mol. The highest BCUT2D eigenvalue weighted by Crippen LogP contribution is 2.23. The van der Waals surface area contributed by atoms with Gasteiger partial charge in [-0.3, -0.25) is 4.79 Å². The maximum absolute atomic E-state index is 12.1. The van der Waals surface area contributed by atoms with E-state index in [-0.39, 0.29) is 5.91 Å². The van der Waals surface area contributed by atoms with E-state index in [1.807, 2.05) is 31.2 Å². The standard InChI is InChI=1S/C16H16BrN3O/c1-3-8-18-12-5-7-15(19-10-12)16(21)20-14-6-4-11(2)9-13(14)17/h3-7,9-10,18H,1,8H2,2H3,(H,20,21). The molecule has 21 heavy (non-hydrogen) atoms. The van der Waals surface area contributed by atoms with E-state index < -0.39 is 0 Å². The molecule has 2 aromatic rings. The molecular formula is C16H16BrN3O. The largest absolute Gasteiger partial charge is 0.380 e. The Morgan fingerprint density at radius 2 is 2.19 bits per heavy atom. The smallest absolute Gasteiger partial charge is 0.274 e. The van der Waals surface area contributed by atoms with Crippen LogP contribution in [0.3, 0.4) is 0 Å². The van der Waals surface area contributed by atoms with Crippen molar-refractivity contribution in [2.75, 3.05) is 17.2 Å². The second-order valence-electron chi connectivity index (χ2n) is 4.54. The molecule has 0 fully saturated rings. The first-order valence-electron chi connectivity index (χ1n) is 6.48. The molecule has 0 aliphatic carbocycles. The number of aromatic nitrogens is 1. The topological polar surface area (TPSA) is 54.0 Å². The van der Waals surface area contributed by atoms with Crippen molar-refractivity contribution in [1.29, 1.82) is 0 Å². The predicted molar refractivity (Wildman–Crippen MR) is 89.8 cm³/mol. The lowest BCUT2D eigenvalue weighted by molar-refractivity contribution is 0.102. The van der Waals surface area contributed by atoms with Crippen LogP contribution in [0.1, 0.15) is 16.1 Å². The van der Waals surface area contributed by atoms with Gasteiger partial charge in [-0.25, -0.2) is 4.98 Å². The summed E-state index contributed by atoms with van der Waals surface area (Å²) in [6.07, 6.45) is 3.39. The minimum Gasteiger partial charge on any atom is -0.380 e. The molecule has 0 saturated carbocycles. The van der Waals surface area contributed by atoms with Crippen molar-refractivity contribution >= 4 is 33.2 Å². The molecule has 0 spiro atoms. The number of pyridine rings is 1. The molecule has 0 aliphatic heterocycles. The molecule has 0 saturated heterocycles. The second-order valence-corrected chi connectivity index (χ2v) is 5.39. The maximum atomic E-state index is 12.1.